The van der Waals surface area contributed by atoms with Crippen LogP contribution in [-0.4, -0.2) is 39.8 Å². The molecule has 1 fully saturated rings. The van der Waals surface area contributed by atoms with Crippen LogP contribution in [0.5, 0.6) is 0 Å². The third kappa shape index (κ3) is 3.35. The summed E-state index contributed by atoms with van der Waals surface area (Å²) in [6.45, 7) is 3.77. The average Bonchev–Trinajstić information content (AvgIpc) is 3.33. The Balaban J connectivity index is 1.39. The fraction of sp³-hybridized carbons (Fsp3) is 0.316. The molecule has 0 bridgehead atoms. The van der Waals surface area contributed by atoms with Crippen LogP contribution in [0.25, 0.3) is 5.69 Å². The zero-order chi connectivity index (χ0) is 17.9. The first-order chi connectivity index (χ1) is 12.7. The Morgan fingerprint density at radius 1 is 1.23 bits per heavy atom. The maximum Gasteiger partial charge on any atom is 0.254 e. The number of benzene rings is 1. The molecule has 134 valence electrons. The number of hydrogen-bond acceptors (Lipinski definition) is 5. The van der Waals surface area contributed by atoms with Gasteiger partial charge in [-0.2, -0.15) is 5.10 Å². The van der Waals surface area contributed by atoms with Crippen LogP contribution in [-0.2, 0) is 0 Å². The van der Waals surface area contributed by atoms with Gasteiger partial charge in [-0.1, -0.05) is 18.2 Å². The van der Waals surface area contributed by atoms with Gasteiger partial charge in [0.15, 0.2) is 5.13 Å². The molecule has 1 N–H and O–H groups in total. The Bertz CT molecular complexity index is 867. The maximum absolute atomic E-state index is 12.7. The molecule has 7 heteroatoms. The van der Waals surface area contributed by atoms with E-state index >= 15 is 0 Å². The van der Waals surface area contributed by atoms with Crippen LogP contribution in [0.4, 0.5) is 5.13 Å². The monoisotopic (exact) mass is 367 g/mol. The van der Waals surface area contributed by atoms with Crippen molar-refractivity contribution in [1.29, 1.82) is 0 Å². The number of rotatable bonds is 4. The highest BCUT2D eigenvalue weighted by Gasteiger charge is 2.24. The van der Waals surface area contributed by atoms with Gasteiger partial charge in [-0.15, -0.1) is 11.3 Å². The second-order valence-electron chi connectivity index (χ2n) is 6.44. The number of anilines is 1. The summed E-state index contributed by atoms with van der Waals surface area (Å²) >= 11 is 1.66. The van der Waals surface area contributed by atoms with E-state index in [1.807, 2.05) is 48.8 Å². The number of amides is 1. The van der Waals surface area contributed by atoms with Gasteiger partial charge in [0.2, 0.25) is 0 Å². The third-order valence-corrected chi connectivity index (χ3v) is 5.61. The van der Waals surface area contributed by atoms with Crippen LogP contribution < -0.4 is 10.2 Å². The molecule has 3 heterocycles. The van der Waals surface area contributed by atoms with E-state index in [9.17, 15) is 4.79 Å². The van der Waals surface area contributed by atoms with Crippen LogP contribution in [0.2, 0.25) is 0 Å². The molecular weight excluding hydrogens is 346 g/mol. The normalized spacial score (nSPS) is 15.2. The fourth-order valence-electron chi connectivity index (χ4n) is 3.31. The molecule has 0 aliphatic carbocycles. The SMILES string of the molecule is Cc1c(C(=O)NC2CCN(c3nccs3)CC2)cnn1-c1ccccc1. The molecular formula is C19H21N5OS. The van der Waals surface area contributed by atoms with Crippen molar-refractivity contribution in [2.75, 3.05) is 18.0 Å². The number of piperidine rings is 1. The van der Waals surface area contributed by atoms with Crippen molar-refractivity contribution in [2.24, 2.45) is 0 Å². The van der Waals surface area contributed by atoms with Gasteiger partial charge in [0.05, 0.1) is 23.1 Å². The van der Waals surface area contributed by atoms with Crippen LogP contribution in [0.1, 0.15) is 28.9 Å². The molecule has 1 aliphatic rings. The van der Waals surface area contributed by atoms with Gasteiger partial charge in [0, 0.05) is 30.7 Å². The van der Waals surface area contributed by atoms with Crippen LogP contribution in [0, 0.1) is 6.92 Å². The lowest BCUT2D eigenvalue weighted by Gasteiger charge is -2.32. The highest BCUT2D eigenvalue weighted by Crippen LogP contribution is 2.22. The van der Waals surface area contributed by atoms with E-state index < -0.39 is 0 Å². The summed E-state index contributed by atoms with van der Waals surface area (Å²) < 4.78 is 1.81. The van der Waals surface area contributed by atoms with E-state index in [0.717, 1.165) is 42.4 Å². The van der Waals surface area contributed by atoms with E-state index in [0.29, 0.717) is 5.56 Å². The Kier molecular flexibility index (Phi) is 4.71. The van der Waals surface area contributed by atoms with Gasteiger partial charge >= 0.3 is 0 Å². The zero-order valence-electron chi connectivity index (χ0n) is 14.6. The van der Waals surface area contributed by atoms with Gasteiger partial charge in [0.25, 0.3) is 5.91 Å². The van der Waals surface area contributed by atoms with Crippen molar-refractivity contribution in [3.05, 3.63) is 59.4 Å². The lowest BCUT2D eigenvalue weighted by Crippen LogP contribution is -2.44. The van der Waals surface area contributed by atoms with Gasteiger partial charge < -0.3 is 10.2 Å². The van der Waals surface area contributed by atoms with Crippen molar-refractivity contribution in [1.82, 2.24) is 20.1 Å². The Morgan fingerprint density at radius 3 is 2.69 bits per heavy atom. The average molecular weight is 367 g/mol. The number of hydrogen-bond donors (Lipinski definition) is 1. The Morgan fingerprint density at radius 2 is 2.00 bits per heavy atom. The largest absolute Gasteiger partial charge is 0.349 e. The standard InChI is InChI=1S/C19H21N5OS/c1-14-17(13-21-24(14)16-5-3-2-4-6-16)18(25)22-15-7-10-23(11-8-15)19-20-9-12-26-19/h2-6,9,12-13,15H,7-8,10-11H2,1H3,(H,22,25). The van der Waals surface area contributed by atoms with E-state index in [-0.39, 0.29) is 11.9 Å². The second kappa shape index (κ2) is 7.29. The van der Waals surface area contributed by atoms with Crippen molar-refractivity contribution in [3.63, 3.8) is 0 Å². The van der Waals surface area contributed by atoms with Crippen molar-refractivity contribution in [3.8, 4) is 5.69 Å². The molecule has 6 nitrogen and oxygen atoms in total. The Hall–Kier alpha value is -2.67. The van der Waals surface area contributed by atoms with Crippen molar-refractivity contribution < 1.29 is 4.79 Å². The summed E-state index contributed by atoms with van der Waals surface area (Å²) in [5, 5.41) is 10.6. The fourth-order valence-corrected chi connectivity index (χ4v) is 4.01. The number of thiazole rings is 1. The zero-order valence-corrected chi connectivity index (χ0v) is 15.4. The second-order valence-corrected chi connectivity index (χ2v) is 7.31. The minimum atomic E-state index is -0.0441. The van der Waals surface area contributed by atoms with E-state index in [1.165, 1.54) is 0 Å². The number of carbonyl (C=O) groups is 1. The maximum atomic E-state index is 12.7. The van der Waals surface area contributed by atoms with Crippen molar-refractivity contribution >= 4 is 22.4 Å². The molecule has 0 radical (unpaired) electrons. The van der Waals surface area contributed by atoms with Crippen molar-refractivity contribution in [2.45, 2.75) is 25.8 Å². The number of nitrogens with zero attached hydrogens (tertiary/aromatic N) is 4. The minimum Gasteiger partial charge on any atom is -0.349 e. The summed E-state index contributed by atoms with van der Waals surface area (Å²) in [5.41, 5.74) is 2.45. The van der Waals surface area contributed by atoms with E-state index in [1.54, 1.807) is 22.2 Å². The molecule has 1 amide bonds. The van der Waals surface area contributed by atoms with Crippen LogP contribution in [0.15, 0.2) is 48.1 Å². The summed E-state index contributed by atoms with van der Waals surface area (Å²) in [5.74, 6) is -0.0441. The number of carbonyl (C=O) groups excluding carboxylic acids is 1. The highest BCUT2D eigenvalue weighted by atomic mass is 32.1. The lowest BCUT2D eigenvalue weighted by molar-refractivity contribution is 0.0930. The predicted molar refractivity (Wildman–Crippen MR) is 103 cm³/mol. The highest BCUT2D eigenvalue weighted by molar-refractivity contribution is 7.13. The van der Waals surface area contributed by atoms with E-state index in [4.69, 9.17) is 0 Å². The first-order valence-corrected chi connectivity index (χ1v) is 9.65. The topological polar surface area (TPSA) is 63.1 Å². The van der Waals surface area contributed by atoms with E-state index in [2.05, 4.69) is 20.3 Å². The minimum absolute atomic E-state index is 0.0441. The number of aromatic nitrogens is 3. The predicted octanol–water partition coefficient (Wildman–Crippen LogP) is 3.04. The first-order valence-electron chi connectivity index (χ1n) is 8.78. The molecule has 0 atom stereocenters. The van der Waals surface area contributed by atoms with Gasteiger partial charge in [-0.05, 0) is 31.9 Å². The molecule has 1 saturated heterocycles. The smallest absolute Gasteiger partial charge is 0.254 e. The molecule has 1 aliphatic heterocycles. The molecule has 2 aromatic heterocycles. The number of nitrogens with one attached hydrogen (secondary N) is 1. The molecule has 0 unspecified atom stereocenters. The van der Waals surface area contributed by atoms with Crippen LogP contribution >= 0.6 is 11.3 Å². The molecule has 26 heavy (non-hydrogen) atoms. The summed E-state index contributed by atoms with van der Waals surface area (Å²) in [6.07, 6.45) is 5.35. The Labute approximate surface area is 156 Å². The molecule has 3 aromatic rings. The lowest BCUT2D eigenvalue weighted by atomic mass is 10.0. The first kappa shape index (κ1) is 16.8. The van der Waals surface area contributed by atoms with Gasteiger partial charge in [0.1, 0.15) is 0 Å². The quantitative estimate of drug-likeness (QED) is 0.770. The summed E-state index contributed by atoms with van der Waals surface area (Å²) in [4.78, 5) is 19.3. The van der Waals surface area contributed by atoms with Gasteiger partial charge in [-0.3, -0.25) is 4.79 Å². The molecule has 0 saturated carbocycles. The molecule has 0 spiro atoms. The third-order valence-electron chi connectivity index (χ3n) is 4.78. The van der Waals surface area contributed by atoms with Crippen LogP contribution in [0.3, 0.4) is 0 Å². The molecule has 4 rings (SSSR count). The summed E-state index contributed by atoms with van der Waals surface area (Å²) in [7, 11) is 0. The molecule has 1 aromatic carbocycles. The van der Waals surface area contributed by atoms with Gasteiger partial charge in [-0.25, -0.2) is 9.67 Å². The number of para-hydroxylation sites is 1. The summed E-state index contributed by atoms with van der Waals surface area (Å²) in [6, 6.07) is 10.1.